The molecule has 0 aromatic heterocycles. The number of benzene rings is 1. The number of aliphatic carboxylic acids is 1. The number of carboxylic acids is 1. The van der Waals surface area contributed by atoms with E-state index in [4.69, 9.17) is 5.11 Å². The summed E-state index contributed by atoms with van der Waals surface area (Å²) < 4.78 is 0. The number of carbonyl (C=O) groups excluding carboxylic acids is 1. The van der Waals surface area contributed by atoms with Crippen molar-refractivity contribution in [2.24, 2.45) is 0 Å². The van der Waals surface area contributed by atoms with Crippen molar-refractivity contribution in [3.8, 4) is 0 Å². The van der Waals surface area contributed by atoms with E-state index < -0.39 is 12.0 Å². The third-order valence-electron chi connectivity index (χ3n) is 2.47. The van der Waals surface area contributed by atoms with Gasteiger partial charge in [0, 0.05) is 5.75 Å². The van der Waals surface area contributed by atoms with Crippen LogP contribution in [0, 0.1) is 0 Å². The molecule has 0 fully saturated rings. The van der Waals surface area contributed by atoms with Crippen LogP contribution < -0.4 is 5.32 Å². The maximum absolute atomic E-state index is 11.8. The normalized spacial score (nSPS) is 11.8. The summed E-state index contributed by atoms with van der Waals surface area (Å²) in [6, 6.07) is 8.47. The summed E-state index contributed by atoms with van der Waals surface area (Å²) in [6.45, 7) is 2.04. The highest BCUT2D eigenvalue weighted by molar-refractivity contribution is 7.99. The van der Waals surface area contributed by atoms with Crippen LogP contribution in [0.1, 0.15) is 18.9 Å². The summed E-state index contributed by atoms with van der Waals surface area (Å²) in [5.74, 6) is 0.0721. The quantitative estimate of drug-likeness (QED) is 0.715. The molecule has 4 nitrogen and oxygen atoms in total. The van der Waals surface area contributed by atoms with Gasteiger partial charge in [-0.25, -0.2) is 4.79 Å². The Balaban J connectivity index is 2.45. The molecule has 0 saturated heterocycles. The second-order valence-corrected chi connectivity index (χ2v) is 5.35. The van der Waals surface area contributed by atoms with E-state index >= 15 is 0 Å². The van der Waals surface area contributed by atoms with Crippen LogP contribution in [0.4, 0.5) is 0 Å². The number of hydrogen-bond donors (Lipinski definition) is 2. The molecule has 1 amide bonds. The molecule has 1 atom stereocenters. The van der Waals surface area contributed by atoms with Crippen LogP contribution in [-0.4, -0.2) is 34.5 Å². The minimum atomic E-state index is -0.981. The highest BCUT2D eigenvalue weighted by Crippen LogP contribution is 2.06. The standard InChI is InChI=1S/C14H19NO3S/c1-2-8-19-10-12(14(17)18)15-13(16)9-11-6-4-3-5-7-11/h3-7,12H,2,8-10H2,1H3,(H,15,16)(H,17,18)/t12-/m0/s1. The molecular formula is C14H19NO3S. The predicted molar refractivity (Wildman–Crippen MR) is 77.3 cm³/mol. The Morgan fingerprint density at radius 3 is 2.58 bits per heavy atom. The van der Waals surface area contributed by atoms with Gasteiger partial charge in [0.2, 0.25) is 5.91 Å². The molecule has 0 aliphatic rings. The van der Waals surface area contributed by atoms with Gasteiger partial charge in [0.05, 0.1) is 6.42 Å². The molecule has 0 saturated carbocycles. The number of hydrogen-bond acceptors (Lipinski definition) is 3. The molecule has 2 N–H and O–H groups in total. The lowest BCUT2D eigenvalue weighted by Gasteiger charge is -2.14. The van der Waals surface area contributed by atoms with Crippen molar-refractivity contribution in [2.75, 3.05) is 11.5 Å². The highest BCUT2D eigenvalue weighted by Gasteiger charge is 2.19. The van der Waals surface area contributed by atoms with Crippen LogP contribution in [0.3, 0.4) is 0 Å². The van der Waals surface area contributed by atoms with E-state index in [1.807, 2.05) is 37.3 Å². The summed E-state index contributed by atoms with van der Waals surface area (Å²) in [6.07, 6.45) is 1.21. The topological polar surface area (TPSA) is 66.4 Å². The molecule has 0 aliphatic heterocycles. The number of nitrogens with one attached hydrogen (secondary N) is 1. The van der Waals surface area contributed by atoms with Gasteiger partial charge < -0.3 is 10.4 Å². The van der Waals surface area contributed by atoms with Crippen molar-refractivity contribution in [1.82, 2.24) is 5.32 Å². The van der Waals surface area contributed by atoms with E-state index in [9.17, 15) is 9.59 Å². The summed E-state index contributed by atoms with van der Waals surface area (Å²) >= 11 is 1.54. The van der Waals surface area contributed by atoms with Gasteiger partial charge in [-0.15, -0.1) is 0 Å². The first kappa shape index (κ1) is 15.6. The smallest absolute Gasteiger partial charge is 0.327 e. The van der Waals surface area contributed by atoms with Crippen molar-refractivity contribution in [3.63, 3.8) is 0 Å². The first-order chi connectivity index (χ1) is 9.13. The molecule has 104 valence electrons. The maximum Gasteiger partial charge on any atom is 0.327 e. The lowest BCUT2D eigenvalue weighted by Crippen LogP contribution is -2.43. The van der Waals surface area contributed by atoms with E-state index in [1.54, 1.807) is 11.8 Å². The molecular weight excluding hydrogens is 262 g/mol. The summed E-state index contributed by atoms with van der Waals surface area (Å²) in [4.78, 5) is 22.8. The van der Waals surface area contributed by atoms with E-state index in [2.05, 4.69) is 5.32 Å². The van der Waals surface area contributed by atoms with Crippen LogP contribution in [-0.2, 0) is 16.0 Å². The van der Waals surface area contributed by atoms with Crippen molar-refractivity contribution >= 4 is 23.6 Å². The molecule has 5 heteroatoms. The summed E-state index contributed by atoms with van der Waals surface area (Å²) in [7, 11) is 0. The second kappa shape index (κ2) is 8.58. The fraction of sp³-hybridized carbons (Fsp3) is 0.429. The molecule has 0 spiro atoms. The fourth-order valence-corrected chi connectivity index (χ4v) is 2.46. The monoisotopic (exact) mass is 281 g/mol. The van der Waals surface area contributed by atoms with Gasteiger partial charge in [0.15, 0.2) is 0 Å². The number of amides is 1. The number of carboxylic acid groups (broad SMARTS) is 1. The van der Waals surface area contributed by atoms with Gasteiger partial charge in [-0.05, 0) is 17.7 Å². The zero-order valence-corrected chi connectivity index (χ0v) is 11.8. The number of thioether (sulfide) groups is 1. The first-order valence-corrected chi connectivity index (χ1v) is 7.42. The first-order valence-electron chi connectivity index (χ1n) is 6.27. The summed E-state index contributed by atoms with van der Waals surface area (Å²) in [5.41, 5.74) is 0.880. The fourth-order valence-electron chi connectivity index (χ4n) is 1.55. The maximum atomic E-state index is 11.8. The van der Waals surface area contributed by atoms with Crippen LogP contribution in [0.2, 0.25) is 0 Å². The van der Waals surface area contributed by atoms with E-state index in [0.717, 1.165) is 17.7 Å². The molecule has 19 heavy (non-hydrogen) atoms. The lowest BCUT2D eigenvalue weighted by atomic mass is 10.1. The largest absolute Gasteiger partial charge is 0.480 e. The Hall–Kier alpha value is -1.49. The molecule has 1 aromatic carbocycles. The Morgan fingerprint density at radius 2 is 2.00 bits per heavy atom. The highest BCUT2D eigenvalue weighted by atomic mass is 32.2. The van der Waals surface area contributed by atoms with E-state index in [-0.39, 0.29) is 12.3 Å². The summed E-state index contributed by atoms with van der Waals surface area (Å²) in [5, 5.41) is 11.6. The van der Waals surface area contributed by atoms with Crippen molar-refractivity contribution in [3.05, 3.63) is 35.9 Å². The molecule has 1 rings (SSSR count). The predicted octanol–water partition coefficient (Wildman–Crippen LogP) is 1.94. The zero-order chi connectivity index (χ0) is 14.1. The average Bonchev–Trinajstić information content (AvgIpc) is 2.38. The van der Waals surface area contributed by atoms with Crippen LogP contribution in [0.5, 0.6) is 0 Å². The van der Waals surface area contributed by atoms with Crippen molar-refractivity contribution in [1.29, 1.82) is 0 Å². The van der Waals surface area contributed by atoms with Gasteiger partial charge in [0.1, 0.15) is 6.04 Å². The van der Waals surface area contributed by atoms with Gasteiger partial charge in [0.25, 0.3) is 0 Å². The average molecular weight is 281 g/mol. The van der Waals surface area contributed by atoms with Gasteiger partial charge in [-0.3, -0.25) is 4.79 Å². The minimum Gasteiger partial charge on any atom is -0.480 e. The second-order valence-electron chi connectivity index (χ2n) is 4.20. The number of rotatable bonds is 8. The van der Waals surface area contributed by atoms with E-state index in [1.165, 1.54) is 0 Å². The SMILES string of the molecule is CCCSC[C@H](NC(=O)Cc1ccccc1)C(=O)O. The van der Waals surface area contributed by atoms with Gasteiger partial charge >= 0.3 is 5.97 Å². The van der Waals surface area contributed by atoms with Gasteiger partial charge in [-0.1, -0.05) is 37.3 Å². The molecule has 0 aliphatic carbocycles. The molecule has 0 unspecified atom stereocenters. The van der Waals surface area contributed by atoms with Crippen LogP contribution in [0.15, 0.2) is 30.3 Å². The third kappa shape index (κ3) is 6.29. The molecule has 1 aromatic rings. The zero-order valence-electron chi connectivity index (χ0n) is 11.0. The van der Waals surface area contributed by atoms with Crippen molar-refractivity contribution in [2.45, 2.75) is 25.8 Å². The molecule has 0 heterocycles. The minimum absolute atomic E-state index is 0.211. The van der Waals surface area contributed by atoms with Crippen molar-refractivity contribution < 1.29 is 14.7 Å². The van der Waals surface area contributed by atoms with Gasteiger partial charge in [-0.2, -0.15) is 11.8 Å². The van der Waals surface area contributed by atoms with Crippen LogP contribution >= 0.6 is 11.8 Å². The Kier molecular flexibility index (Phi) is 7.03. The Bertz CT molecular complexity index is 408. The van der Waals surface area contributed by atoms with Crippen LogP contribution in [0.25, 0.3) is 0 Å². The Labute approximate surface area is 117 Å². The molecule has 0 radical (unpaired) electrons. The lowest BCUT2D eigenvalue weighted by molar-refractivity contribution is -0.141. The number of carbonyl (C=O) groups is 2. The third-order valence-corrected chi connectivity index (χ3v) is 3.74. The molecule has 0 bridgehead atoms. The van der Waals surface area contributed by atoms with E-state index in [0.29, 0.717) is 5.75 Å². The Morgan fingerprint density at radius 1 is 1.32 bits per heavy atom.